The molecule has 0 radical (unpaired) electrons. The zero-order valence-corrected chi connectivity index (χ0v) is 19.3. The fraction of sp³-hybridized carbons (Fsp3) is 0.304. The number of rotatable bonds is 4. The second-order valence-corrected chi connectivity index (χ2v) is 9.28. The van der Waals surface area contributed by atoms with E-state index < -0.39 is 0 Å². The van der Waals surface area contributed by atoms with Gasteiger partial charge in [0, 0.05) is 51.8 Å². The number of fused-ring (bicyclic) bond motifs is 1. The molecule has 4 heterocycles. The zero-order valence-electron chi connectivity index (χ0n) is 17.8. The average Bonchev–Trinajstić information content (AvgIpc) is 3.23. The van der Waals surface area contributed by atoms with E-state index in [0.717, 1.165) is 28.2 Å². The number of nitrogens with zero attached hydrogens (tertiary/aromatic N) is 4. The number of aromatic nitrogens is 4. The summed E-state index contributed by atoms with van der Waals surface area (Å²) in [5.41, 5.74) is 3.44. The van der Waals surface area contributed by atoms with E-state index in [4.69, 9.17) is 16.3 Å². The van der Waals surface area contributed by atoms with Crippen molar-refractivity contribution in [2.45, 2.75) is 26.5 Å². The number of ether oxygens (including phenoxy) is 1. The van der Waals surface area contributed by atoms with Gasteiger partial charge in [-0.15, -0.1) is 11.3 Å². The summed E-state index contributed by atoms with van der Waals surface area (Å²) < 4.78 is 7.54. The minimum atomic E-state index is -0.149. The molecule has 3 aromatic heterocycles. The van der Waals surface area contributed by atoms with Crippen molar-refractivity contribution in [1.82, 2.24) is 24.8 Å². The van der Waals surface area contributed by atoms with Gasteiger partial charge in [0.15, 0.2) is 0 Å². The summed E-state index contributed by atoms with van der Waals surface area (Å²) in [5, 5.41) is 7.59. The lowest BCUT2D eigenvalue weighted by atomic mass is 10.0. The molecule has 1 atom stereocenters. The standard InChI is InChI=1S/C23H22ClN5O2S/c1-13-26-9-16-7-19(18-4-3-15(8-20(18)24)21-12-32-14(2)28-21)23(30)29(22(16)27-13)11-17-10-25-5-6-31-17/h3-4,7-9,12,17,25H,5-6,10-11H2,1-2H3/t17-/m0/s1. The molecule has 0 spiro atoms. The van der Waals surface area contributed by atoms with Crippen LogP contribution in [0.25, 0.3) is 33.4 Å². The molecule has 1 N–H and O–H groups in total. The predicted molar refractivity (Wildman–Crippen MR) is 127 cm³/mol. The maximum Gasteiger partial charge on any atom is 0.260 e. The summed E-state index contributed by atoms with van der Waals surface area (Å²) >= 11 is 8.27. The number of hydrogen-bond acceptors (Lipinski definition) is 7. The highest BCUT2D eigenvalue weighted by Gasteiger charge is 2.20. The van der Waals surface area contributed by atoms with E-state index in [1.165, 1.54) is 0 Å². The molecule has 1 aliphatic heterocycles. The van der Waals surface area contributed by atoms with Crippen molar-refractivity contribution >= 4 is 34.0 Å². The van der Waals surface area contributed by atoms with E-state index in [-0.39, 0.29) is 11.7 Å². The molecule has 1 aliphatic rings. The summed E-state index contributed by atoms with van der Waals surface area (Å²) in [5.74, 6) is 0.613. The zero-order chi connectivity index (χ0) is 22.2. The van der Waals surface area contributed by atoms with E-state index in [9.17, 15) is 4.79 Å². The maximum atomic E-state index is 13.6. The van der Waals surface area contributed by atoms with Crippen LogP contribution >= 0.6 is 22.9 Å². The van der Waals surface area contributed by atoms with Crippen LogP contribution in [0.5, 0.6) is 0 Å². The Labute approximate surface area is 194 Å². The van der Waals surface area contributed by atoms with Gasteiger partial charge < -0.3 is 10.1 Å². The molecule has 1 fully saturated rings. The van der Waals surface area contributed by atoms with Crippen LogP contribution in [0.15, 0.2) is 40.6 Å². The van der Waals surface area contributed by atoms with Gasteiger partial charge in [0.1, 0.15) is 11.5 Å². The first-order chi connectivity index (χ1) is 15.5. The molecular formula is C23H22ClN5O2S. The van der Waals surface area contributed by atoms with Crippen LogP contribution in [-0.4, -0.2) is 45.3 Å². The molecule has 164 valence electrons. The van der Waals surface area contributed by atoms with Crippen LogP contribution in [0.3, 0.4) is 0 Å². The number of thiazole rings is 1. The second kappa shape index (κ2) is 8.71. The topological polar surface area (TPSA) is 81.9 Å². The first kappa shape index (κ1) is 21.2. The molecule has 7 nitrogen and oxygen atoms in total. The third kappa shape index (κ3) is 4.06. The van der Waals surface area contributed by atoms with E-state index in [1.807, 2.05) is 43.5 Å². The van der Waals surface area contributed by atoms with Gasteiger partial charge in [-0.2, -0.15) is 0 Å². The number of benzene rings is 1. The minimum Gasteiger partial charge on any atom is -0.374 e. The number of aryl methyl sites for hydroxylation is 2. The molecule has 1 saturated heterocycles. The molecule has 0 aliphatic carbocycles. The highest BCUT2D eigenvalue weighted by Crippen LogP contribution is 2.32. The van der Waals surface area contributed by atoms with Crippen LogP contribution < -0.4 is 10.9 Å². The lowest BCUT2D eigenvalue weighted by molar-refractivity contribution is 0.0183. The Morgan fingerprint density at radius 2 is 2.12 bits per heavy atom. The Bertz CT molecular complexity index is 1360. The van der Waals surface area contributed by atoms with Gasteiger partial charge in [0.2, 0.25) is 0 Å². The van der Waals surface area contributed by atoms with Gasteiger partial charge in [-0.05, 0) is 26.0 Å². The number of halogens is 1. The van der Waals surface area contributed by atoms with Crippen LogP contribution in [-0.2, 0) is 11.3 Å². The van der Waals surface area contributed by atoms with Gasteiger partial charge in [-0.1, -0.05) is 23.7 Å². The molecule has 0 unspecified atom stereocenters. The second-order valence-electron chi connectivity index (χ2n) is 7.81. The van der Waals surface area contributed by atoms with Crippen molar-refractivity contribution in [2.24, 2.45) is 0 Å². The Morgan fingerprint density at radius 1 is 1.25 bits per heavy atom. The Hall–Kier alpha value is -2.65. The van der Waals surface area contributed by atoms with E-state index in [2.05, 4.69) is 20.3 Å². The average molecular weight is 468 g/mol. The van der Waals surface area contributed by atoms with Gasteiger partial charge >= 0.3 is 0 Å². The number of pyridine rings is 1. The van der Waals surface area contributed by atoms with Crippen molar-refractivity contribution in [1.29, 1.82) is 0 Å². The number of nitrogens with one attached hydrogen (secondary N) is 1. The lowest BCUT2D eigenvalue weighted by Gasteiger charge is -2.25. The largest absolute Gasteiger partial charge is 0.374 e. The quantitative estimate of drug-likeness (QED) is 0.491. The summed E-state index contributed by atoms with van der Waals surface area (Å²) in [6, 6.07) is 7.51. The third-order valence-corrected chi connectivity index (χ3v) is 6.60. The van der Waals surface area contributed by atoms with Gasteiger partial charge in [-0.25, -0.2) is 15.0 Å². The van der Waals surface area contributed by atoms with Crippen molar-refractivity contribution in [3.8, 4) is 22.4 Å². The predicted octanol–water partition coefficient (Wildman–Crippen LogP) is 3.84. The fourth-order valence-electron chi connectivity index (χ4n) is 3.94. The van der Waals surface area contributed by atoms with E-state index >= 15 is 0 Å². The summed E-state index contributed by atoms with van der Waals surface area (Å²) in [6.45, 7) is 6.31. The molecule has 0 bridgehead atoms. The lowest BCUT2D eigenvalue weighted by Crippen LogP contribution is -2.42. The highest BCUT2D eigenvalue weighted by atomic mass is 35.5. The normalized spacial score (nSPS) is 16.5. The van der Waals surface area contributed by atoms with Gasteiger partial charge in [0.05, 0.1) is 30.0 Å². The van der Waals surface area contributed by atoms with Crippen molar-refractivity contribution < 1.29 is 4.74 Å². The minimum absolute atomic E-state index is 0.110. The molecule has 4 aromatic rings. The fourth-order valence-corrected chi connectivity index (χ4v) is 4.84. The summed E-state index contributed by atoms with van der Waals surface area (Å²) in [7, 11) is 0. The van der Waals surface area contributed by atoms with Crippen LogP contribution in [0.4, 0.5) is 0 Å². The van der Waals surface area contributed by atoms with Crippen LogP contribution in [0, 0.1) is 13.8 Å². The smallest absolute Gasteiger partial charge is 0.260 e. The van der Waals surface area contributed by atoms with Crippen molar-refractivity contribution in [2.75, 3.05) is 19.7 Å². The van der Waals surface area contributed by atoms with Gasteiger partial charge in [0.25, 0.3) is 5.56 Å². The Balaban J connectivity index is 1.63. The summed E-state index contributed by atoms with van der Waals surface area (Å²) in [4.78, 5) is 27.0. The highest BCUT2D eigenvalue weighted by molar-refractivity contribution is 7.09. The SMILES string of the molecule is Cc1ncc2cc(-c3ccc(-c4csc(C)n4)cc3Cl)c(=O)n(C[C@@H]3CNCCO3)c2n1. The molecule has 0 amide bonds. The first-order valence-electron chi connectivity index (χ1n) is 10.4. The molecule has 5 rings (SSSR count). The van der Waals surface area contributed by atoms with E-state index in [1.54, 1.807) is 22.1 Å². The number of hydrogen-bond donors (Lipinski definition) is 1. The monoisotopic (exact) mass is 467 g/mol. The van der Waals surface area contributed by atoms with E-state index in [0.29, 0.717) is 47.3 Å². The molecule has 1 aromatic carbocycles. The van der Waals surface area contributed by atoms with Crippen LogP contribution in [0.2, 0.25) is 5.02 Å². The van der Waals surface area contributed by atoms with Crippen molar-refractivity contribution in [3.63, 3.8) is 0 Å². The molecule has 9 heteroatoms. The molecular weight excluding hydrogens is 446 g/mol. The molecule has 0 saturated carbocycles. The third-order valence-electron chi connectivity index (χ3n) is 5.51. The van der Waals surface area contributed by atoms with Crippen molar-refractivity contribution in [3.05, 3.63) is 62.1 Å². The van der Waals surface area contributed by atoms with Crippen LogP contribution in [0.1, 0.15) is 10.8 Å². The Morgan fingerprint density at radius 3 is 2.84 bits per heavy atom. The summed E-state index contributed by atoms with van der Waals surface area (Å²) in [6.07, 6.45) is 1.64. The Kier molecular flexibility index (Phi) is 5.77. The molecule has 32 heavy (non-hydrogen) atoms. The first-order valence-corrected chi connectivity index (χ1v) is 11.7. The maximum absolute atomic E-state index is 13.6. The van der Waals surface area contributed by atoms with Gasteiger partial charge in [-0.3, -0.25) is 9.36 Å². The number of morpholine rings is 1.